The normalized spacial score (nSPS) is 8.18. The summed E-state index contributed by atoms with van der Waals surface area (Å²) in [6, 6.07) is 9.13. The predicted octanol–water partition coefficient (Wildman–Crippen LogP) is 1.03. The molecule has 5 heteroatoms. The minimum absolute atomic E-state index is 0.0463. The molecule has 5 nitrogen and oxygen atoms in total. The molecule has 0 saturated carbocycles. The number of carbonyl (C=O) groups excluding carboxylic acids is 1. The molecule has 0 aliphatic heterocycles. The maximum atomic E-state index is 10.2. The number of amides is 1. The summed E-state index contributed by atoms with van der Waals surface area (Å²) in [5, 5.41) is 8.37. The standard InChI is InChI=1S/C8H8O2.C4H5NO2/c9-8(10)6-7-4-2-1-3-5-7;1-2-3-7-4(5)6/h1-5H,6H2,(H,9,10);1H,3H2,(H2,5,6). The van der Waals surface area contributed by atoms with Crippen LogP contribution in [0.25, 0.3) is 0 Å². The summed E-state index contributed by atoms with van der Waals surface area (Å²) in [6.45, 7) is -0.0463. The highest BCUT2D eigenvalue weighted by Gasteiger charge is 1.96. The van der Waals surface area contributed by atoms with Gasteiger partial charge in [0.15, 0.2) is 6.61 Å². The Hall–Kier alpha value is -2.48. The molecule has 17 heavy (non-hydrogen) atoms. The van der Waals surface area contributed by atoms with Crippen molar-refractivity contribution in [3.05, 3.63) is 35.9 Å². The van der Waals surface area contributed by atoms with Gasteiger partial charge in [-0.15, -0.1) is 6.42 Å². The van der Waals surface area contributed by atoms with E-state index in [0.29, 0.717) is 0 Å². The molecule has 0 aliphatic carbocycles. The molecule has 0 aromatic heterocycles. The number of hydrogen-bond acceptors (Lipinski definition) is 3. The van der Waals surface area contributed by atoms with Crippen LogP contribution in [0.5, 0.6) is 0 Å². The Bertz CT molecular complexity index is 395. The van der Waals surface area contributed by atoms with E-state index in [1.807, 2.05) is 18.2 Å². The summed E-state index contributed by atoms with van der Waals surface area (Å²) in [5.74, 6) is 1.29. The van der Waals surface area contributed by atoms with Crippen molar-refractivity contribution in [1.82, 2.24) is 0 Å². The lowest BCUT2D eigenvalue weighted by Gasteiger charge is -1.92. The van der Waals surface area contributed by atoms with Gasteiger partial charge in [0.2, 0.25) is 0 Å². The fourth-order valence-electron chi connectivity index (χ4n) is 0.883. The smallest absolute Gasteiger partial charge is 0.405 e. The Labute approximate surface area is 99.2 Å². The minimum atomic E-state index is -0.835. The molecule has 1 aromatic carbocycles. The van der Waals surface area contributed by atoms with Crippen LogP contribution >= 0.6 is 0 Å². The van der Waals surface area contributed by atoms with Crippen LogP contribution in [-0.4, -0.2) is 23.8 Å². The van der Waals surface area contributed by atoms with E-state index >= 15 is 0 Å². The summed E-state index contributed by atoms with van der Waals surface area (Å²) in [6.07, 6.45) is 3.97. The fraction of sp³-hybridized carbons (Fsp3) is 0.167. The van der Waals surface area contributed by atoms with E-state index in [4.69, 9.17) is 11.5 Å². The van der Waals surface area contributed by atoms with Gasteiger partial charge in [0.1, 0.15) is 0 Å². The van der Waals surface area contributed by atoms with E-state index in [9.17, 15) is 9.59 Å². The first kappa shape index (κ1) is 14.5. The van der Waals surface area contributed by atoms with Crippen LogP contribution < -0.4 is 5.73 Å². The van der Waals surface area contributed by atoms with Crippen molar-refractivity contribution in [2.24, 2.45) is 5.73 Å². The molecule has 0 spiro atoms. The number of carboxylic acids is 1. The van der Waals surface area contributed by atoms with Gasteiger partial charge in [-0.25, -0.2) is 4.79 Å². The Kier molecular flexibility index (Phi) is 7.51. The largest absolute Gasteiger partial charge is 0.481 e. The van der Waals surface area contributed by atoms with E-state index in [2.05, 4.69) is 16.4 Å². The highest BCUT2D eigenvalue weighted by Crippen LogP contribution is 1.98. The molecule has 0 bridgehead atoms. The van der Waals surface area contributed by atoms with Crippen LogP contribution in [0.3, 0.4) is 0 Å². The summed E-state index contributed by atoms with van der Waals surface area (Å²) in [4.78, 5) is 19.8. The molecule has 0 unspecified atom stereocenters. The summed E-state index contributed by atoms with van der Waals surface area (Å²) < 4.78 is 4.09. The molecule has 3 N–H and O–H groups in total. The third-order valence-electron chi connectivity index (χ3n) is 1.50. The van der Waals surface area contributed by atoms with Crippen LogP contribution in [0.1, 0.15) is 5.56 Å². The molecule has 0 heterocycles. The van der Waals surface area contributed by atoms with E-state index < -0.39 is 12.1 Å². The second-order valence-electron chi connectivity index (χ2n) is 2.87. The van der Waals surface area contributed by atoms with E-state index in [0.717, 1.165) is 5.56 Å². The van der Waals surface area contributed by atoms with Gasteiger partial charge in [0.25, 0.3) is 0 Å². The Balaban J connectivity index is 0.000000325. The Morgan fingerprint density at radius 1 is 1.35 bits per heavy atom. The van der Waals surface area contributed by atoms with Crippen LogP contribution in [0, 0.1) is 12.3 Å². The number of aliphatic carboxylic acids is 1. The third-order valence-corrected chi connectivity index (χ3v) is 1.50. The topological polar surface area (TPSA) is 89.6 Å². The molecule has 90 valence electrons. The van der Waals surface area contributed by atoms with Gasteiger partial charge < -0.3 is 15.6 Å². The van der Waals surface area contributed by atoms with Gasteiger partial charge in [-0.05, 0) is 5.56 Å². The highest BCUT2D eigenvalue weighted by molar-refractivity contribution is 5.70. The van der Waals surface area contributed by atoms with Crippen molar-refractivity contribution in [3.8, 4) is 12.3 Å². The van der Waals surface area contributed by atoms with E-state index in [1.165, 1.54) is 0 Å². The molecule has 1 amide bonds. The van der Waals surface area contributed by atoms with Gasteiger partial charge in [-0.2, -0.15) is 0 Å². The van der Waals surface area contributed by atoms with Crippen molar-refractivity contribution < 1.29 is 19.4 Å². The second kappa shape index (κ2) is 8.80. The van der Waals surface area contributed by atoms with Crippen LogP contribution in [0.15, 0.2) is 30.3 Å². The molecule has 0 atom stereocenters. The lowest BCUT2D eigenvalue weighted by Crippen LogP contribution is -2.12. The maximum Gasteiger partial charge on any atom is 0.405 e. The zero-order valence-electron chi connectivity index (χ0n) is 9.13. The summed E-state index contributed by atoms with van der Waals surface area (Å²) in [7, 11) is 0. The Morgan fingerprint density at radius 3 is 2.29 bits per heavy atom. The first-order valence-corrected chi connectivity index (χ1v) is 4.67. The number of hydrogen-bond donors (Lipinski definition) is 2. The van der Waals surface area contributed by atoms with E-state index in [1.54, 1.807) is 12.1 Å². The molecule has 0 aliphatic rings. The van der Waals surface area contributed by atoms with Gasteiger partial charge in [-0.3, -0.25) is 4.79 Å². The number of carboxylic acid groups (broad SMARTS) is 1. The van der Waals surface area contributed by atoms with Gasteiger partial charge in [0.05, 0.1) is 6.42 Å². The van der Waals surface area contributed by atoms with Crippen molar-refractivity contribution in [1.29, 1.82) is 0 Å². The number of terminal acetylenes is 1. The van der Waals surface area contributed by atoms with Gasteiger partial charge in [0, 0.05) is 0 Å². The predicted molar refractivity (Wildman–Crippen MR) is 62.2 cm³/mol. The van der Waals surface area contributed by atoms with Gasteiger partial charge >= 0.3 is 12.1 Å². The number of ether oxygens (including phenoxy) is 1. The SMILES string of the molecule is C#CCOC(N)=O.O=C(O)Cc1ccccc1. The number of carbonyl (C=O) groups is 2. The average Bonchev–Trinajstić information content (AvgIpc) is 2.27. The van der Waals surface area contributed by atoms with Crippen LogP contribution in [-0.2, 0) is 16.0 Å². The lowest BCUT2D eigenvalue weighted by molar-refractivity contribution is -0.136. The molecule has 0 saturated heterocycles. The lowest BCUT2D eigenvalue weighted by atomic mass is 10.2. The number of benzene rings is 1. The zero-order chi connectivity index (χ0) is 13.1. The van der Waals surface area contributed by atoms with Crippen molar-refractivity contribution >= 4 is 12.1 Å². The van der Waals surface area contributed by atoms with Gasteiger partial charge in [-0.1, -0.05) is 36.3 Å². The molecule has 1 rings (SSSR count). The summed E-state index contributed by atoms with van der Waals surface area (Å²) >= 11 is 0. The zero-order valence-corrected chi connectivity index (χ0v) is 9.13. The maximum absolute atomic E-state index is 10.2. The van der Waals surface area contributed by atoms with E-state index in [-0.39, 0.29) is 13.0 Å². The van der Waals surface area contributed by atoms with Crippen molar-refractivity contribution in [2.45, 2.75) is 6.42 Å². The average molecular weight is 235 g/mol. The molecule has 0 fully saturated rings. The fourth-order valence-corrected chi connectivity index (χ4v) is 0.883. The first-order valence-electron chi connectivity index (χ1n) is 4.67. The summed E-state index contributed by atoms with van der Waals surface area (Å²) in [5.41, 5.74) is 5.36. The Morgan fingerprint density at radius 2 is 1.94 bits per heavy atom. The quantitative estimate of drug-likeness (QED) is 0.765. The minimum Gasteiger partial charge on any atom is -0.481 e. The van der Waals surface area contributed by atoms with Crippen LogP contribution in [0.2, 0.25) is 0 Å². The van der Waals surface area contributed by atoms with Crippen molar-refractivity contribution in [3.63, 3.8) is 0 Å². The third kappa shape index (κ3) is 9.82. The number of primary amides is 1. The second-order valence-corrected chi connectivity index (χ2v) is 2.87. The number of rotatable bonds is 3. The highest BCUT2D eigenvalue weighted by atomic mass is 16.5. The number of nitrogens with two attached hydrogens (primary N) is 1. The first-order chi connectivity index (χ1) is 8.06. The molecular weight excluding hydrogens is 222 g/mol. The molecular formula is C12H13NO4. The van der Waals surface area contributed by atoms with Crippen molar-refractivity contribution in [2.75, 3.05) is 6.61 Å². The monoisotopic (exact) mass is 235 g/mol. The molecule has 0 radical (unpaired) electrons. The van der Waals surface area contributed by atoms with Crippen LogP contribution in [0.4, 0.5) is 4.79 Å². The molecule has 1 aromatic rings.